The van der Waals surface area contributed by atoms with Gasteiger partial charge in [-0.25, -0.2) is 4.79 Å². The maximum absolute atomic E-state index is 12.9. The second-order valence-electron chi connectivity index (χ2n) is 9.20. The summed E-state index contributed by atoms with van der Waals surface area (Å²) >= 11 is 5.99. The SMILES string of the molecule is CCOC(=O)c1cn([C@H](CCC(C)(C)[Si](C)(C)O)C(C)C)c2nnc(Cl)cc2c1=O. The van der Waals surface area contributed by atoms with Crippen LogP contribution in [0, 0.1) is 5.92 Å². The van der Waals surface area contributed by atoms with Crippen LogP contribution in [0.5, 0.6) is 0 Å². The number of esters is 1. The predicted molar refractivity (Wildman–Crippen MR) is 122 cm³/mol. The van der Waals surface area contributed by atoms with Gasteiger partial charge in [0.1, 0.15) is 5.56 Å². The summed E-state index contributed by atoms with van der Waals surface area (Å²) in [6.45, 7) is 14.1. The fourth-order valence-corrected chi connectivity index (χ4v) is 4.24. The number of halogens is 1. The van der Waals surface area contributed by atoms with Gasteiger partial charge in [0.05, 0.1) is 12.0 Å². The zero-order chi connectivity index (χ0) is 22.9. The van der Waals surface area contributed by atoms with E-state index in [4.69, 9.17) is 16.3 Å². The molecule has 0 amide bonds. The fraction of sp³-hybridized carbons (Fsp3) is 0.619. The highest BCUT2D eigenvalue weighted by Crippen LogP contribution is 2.42. The van der Waals surface area contributed by atoms with Gasteiger partial charge in [0, 0.05) is 12.2 Å². The van der Waals surface area contributed by atoms with Crippen molar-refractivity contribution in [1.82, 2.24) is 14.8 Å². The molecule has 2 aromatic rings. The van der Waals surface area contributed by atoms with E-state index in [1.54, 1.807) is 6.92 Å². The Kier molecular flexibility index (Phi) is 7.48. The maximum Gasteiger partial charge on any atom is 0.343 e. The molecule has 0 aliphatic heterocycles. The highest BCUT2D eigenvalue weighted by Gasteiger charge is 2.38. The zero-order valence-electron chi connectivity index (χ0n) is 18.8. The van der Waals surface area contributed by atoms with E-state index in [-0.39, 0.29) is 39.7 Å². The Balaban J connectivity index is 2.64. The lowest BCUT2D eigenvalue weighted by atomic mass is 9.94. The molecule has 0 aliphatic rings. The molecule has 0 saturated heterocycles. The predicted octanol–water partition coefficient (Wildman–Crippen LogP) is 4.58. The minimum absolute atomic E-state index is 0.0461. The Labute approximate surface area is 183 Å². The van der Waals surface area contributed by atoms with Crippen molar-refractivity contribution in [2.45, 2.75) is 71.6 Å². The van der Waals surface area contributed by atoms with E-state index in [2.05, 4.69) is 37.9 Å². The Morgan fingerprint density at radius 2 is 1.97 bits per heavy atom. The van der Waals surface area contributed by atoms with Crippen molar-refractivity contribution in [2.24, 2.45) is 5.92 Å². The van der Waals surface area contributed by atoms with Crippen LogP contribution in [0.1, 0.15) is 63.9 Å². The van der Waals surface area contributed by atoms with Gasteiger partial charge in [-0.15, -0.1) is 10.2 Å². The molecule has 2 aromatic heterocycles. The topological polar surface area (TPSA) is 94.3 Å². The number of carbonyl (C=O) groups is 1. The highest BCUT2D eigenvalue weighted by atomic mass is 35.5. The number of hydrogen-bond donors (Lipinski definition) is 1. The zero-order valence-corrected chi connectivity index (χ0v) is 20.6. The smallest absolute Gasteiger partial charge is 0.343 e. The fourth-order valence-electron chi connectivity index (χ4n) is 3.34. The molecule has 0 aliphatic carbocycles. The molecule has 0 bridgehead atoms. The lowest BCUT2D eigenvalue weighted by Crippen LogP contribution is -2.39. The molecule has 2 rings (SSSR count). The molecular weight excluding hydrogens is 422 g/mol. The third-order valence-electron chi connectivity index (χ3n) is 6.09. The molecule has 2 heterocycles. The molecule has 0 saturated carbocycles. The van der Waals surface area contributed by atoms with Crippen molar-refractivity contribution >= 4 is 36.9 Å². The van der Waals surface area contributed by atoms with Crippen molar-refractivity contribution in [1.29, 1.82) is 0 Å². The first-order chi connectivity index (χ1) is 13.8. The van der Waals surface area contributed by atoms with Gasteiger partial charge >= 0.3 is 5.97 Å². The number of nitrogens with zero attached hydrogens (tertiary/aromatic N) is 3. The van der Waals surface area contributed by atoms with Crippen molar-refractivity contribution in [3.8, 4) is 0 Å². The second-order valence-corrected chi connectivity index (χ2v) is 14.1. The van der Waals surface area contributed by atoms with Crippen LogP contribution in [0.4, 0.5) is 0 Å². The normalized spacial score (nSPS) is 13.7. The lowest BCUT2D eigenvalue weighted by Gasteiger charge is -2.37. The van der Waals surface area contributed by atoms with E-state index in [0.717, 1.165) is 12.8 Å². The van der Waals surface area contributed by atoms with Crippen LogP contribution in [0.25, 0.3) is 11.0 Å². The van der Waals surface area contributed by atoms with Crippen molar-refractivity contribution in [3.05, 3.63) is 33.2 Å². The number of pyridine rings is 1. The van der Waals surface area contributed by atoms with E-state index in [1.807, 2.05) is 17.7 Å². The molecule has 0 radical (unpaired) electrons. The van der Waals surface area contributed by atoms with Gasteiger partial charge in [0.15, 0.2) is 19.1 Å². The van der Waals surface area contributed by atoms with E-state index in [0.29, 0.717) is 5.65 Å². The lowest BCUT2D eigenvalue weighted by molar-refractivity contribution is 0.0523. The number of ether oxygens (including phenoxy) is 1. The van der Waals surface area contributed by atoms with Gasteiger partial charge in [-0.2, -0.15) is 0 Å². The maximum atomic E-state index is 12.9. The Morgan fingerprint density at radius 1 is 1.33 bits per heavy atom. The van der Waals surface area contributed by atoms with E-state index < -0.39 is 19.7 Å². The number of carbonyl (C=O) groups excluding carboxylic acids is 1. The molecule has 7 nitrogen and oxygen atoms in total. The summed E-state index contributed by atoms with van der Waals surface area (Å²) in [5, 5.41) is 8.21. The van der Waals surface area contributed by atoms with Gasteiger partial charge in [0.25, 0.3) is 0 Å². The van der Waals surface area contributed by atoms with Gasteiger partial charge in [-0.05, 0) is 49.9 Å². The van der Waals surface area contributed by atoms with Gasteiger partial charge < -0.3 is 14.1 Å². The molecule has 30 heavy (non-hydrogen) atoms. The first kappa shape index (κ1) is 24.5. The monoisotopic (exact) mass is 453 g/mol. The summed E-state index contributed by atoms with van der Waals surface area (Å²) in [4.78, 5) is 36.1. The average Bonchev–Trinajstić information content (AvgIpc) is 2.62. The third kappa shape index (κ3) is 5.10. The Bertz CT molecular complexity index is 983. The second kappa shape index (κ2) is 9.16. The van der Waals surface area contributed by atoms with Gasteiger partial charge in [-0.1, -0.05) is 39.3 Å². The van der Waals surface area contributed by atoms with E-state index >= 15 is 0 Å². The number of fused-ring (bicyclic) bond motifs is 1. The molecule has 0 fully saturated rings. The Morgan fingerprint density at radius 3 is 2.50 bits per heavy atom. The largest absolute Gasteiger partial charge is 0.462 e. The first-order valence-electron chi connectivity index (χ1n) is 10.3. The summed E-state index contributed by atoms with van der Waals surface area (Å²) in [7, 11) is -2.38. The van der Waals surface area contributed by atoms with Crippen LogP contribution in [0.2, 0.25) is 23.3 Å². The van der Waals surface area contributed by atoms with Crippen LogP contribution in [-0.2, 0) is 4.74 Å². The van der Waals surface area contributed by atoms with Crippen molar-refractivity contribution < 1.29 is 14.3 Å². The van der Waals surface area contributed by atoms with Crippen LogP contribution in [0.3, 0.4) is 0 Å². The molecule has 0 unspecified atom stereocenters. The van der Waals surface area contributed by atoms with Crippen LogP contribution in [-0.4, -0.2) is 40.5 Å². The third-order valence-corrected chi connectivity index (χ3v) is 9.84. The Hall–Kier alpha value is -1.77. The number of hydrogen-bond acceptors (Lipinski definition) is 6. The summed E-state index contributed by atoms with van der Waals surface area (Å²) in [5.41, 5.74) is -0.132. The summed E-state index contributed by atoms with van der Waals surface area (Å²) < 4.78 is 6.94. The van der Waals surface area contributed by atoms with Crippen LogP contribution in [0.15, 0.2) is 17.1 Å². The summed E-state index contributed by atoms with van der Waals surface area (Å²) in [6, 6.07) is 1.38. The quantitative estimate of drug-likeness (QED) is 0.464. The molecule has 9 heteroatoms. The number of aromatic nitrogens is 3. The van der Waals surface area contributed by atoms with Crippen molar-refractivity contribution in [2.75, 3.05) is 6.61 Å². The van der Waals surface area contributed by atoms with Crippen LogP contribution < -0.4 is 5.43 Å². The van der Waals surface area contributed by atoms with Crippen molar-refractivity contribution in [3.63, 3.8) is 0 Å². The number of rotatable bonds is 8. The van der Waals surface area contributed by atoms with E-state index in [9.17, 15) is 14.4 Å². The standard InChI is InChI=1S/C21H32ClN3O4Si/c1-8-29-20(27)15-12-25(19-14(18(15)26)11-17(22)23-24-19)16(13(2)3)9-10-21(4,5)30(6,7)28/h11-13,16,28H,8-10H2,1-7H3/t16-/m1/s1. The summed E-state index contributed by atoms with van der Waals surface area (Å²) in [5.74, 6) is -0.486. The molecular formula is C21H32ClN3O4Si. The van der Waals surface area contributed by atoms with Crippen LogP contribution >= 0.6 is 11.6 Å². The molecule has 1 atom stereocenters. The molecule has 166 valence electrons. The summed E-state index contributed by atoms with van der Waals surface area (Å²) in [6.07, 6.45) is 3.06. The van der Waals surface area contributed by atoms with Gasteiger partial charge in [0.2, 0.25) is 5.43 Å². The average molecular weight is 454 g/mol. The minimum Gasteiger partial charge on any atom is -0.462 e. The minimum atomic E-state index is -2.38. The molecule has 1 N–H and O–H groups in total. The first-order valence-corrected chi connectivity index (χ1v) is 13.6. The van der Waals surface area contributed by atoms with E-state index in [1.165, 1.54) is 12.3 Å². The molecule has 0 spiro atoms. The van der Waals surface area contributed by atoms with Gasteiger partial charge in [-0.3, -0.25) is 4.79 Å². The highest BCUT2D eigenvalue weighted by molar-refractivity contribution is 6.72. The molecule has 0 aromatic carbocycles.